The third kappa shape index (κ3) is 5.38. The van der Waals surface area contributed by atoms with Crippen LogP contribution in [0.5, 0.6) is 0 Å². The summed E-state index contributed by atoms with van der Waals surface area (Å²) >= 11 is 0. The van der Waals surface area contributed by atoms with Crippen molar-refractivity contribution in [2.24, 2.45) is 0 Å². The minimum atomic E-state index is -0.721. The van der Waals surface area contributed by atoms with E-state index in [1.807, 2.05) is 36.4 Å². The first-order valence-corrected chi connectivity index (χ1v) is 6.88. The van der Waals surface area contributed by atoms with Crippen LogP contribution in [-0.2, 0) is 11.3 Å². The lowest BCUT2D eigenvalue weighted by atomic mass is 10.2. The molecule has 1 atom stereocenters. The molecule has 0 heterocycles. The molecule has 21 heavy (non-hydrogen) atoms. The normalized spacial score (nSPS) is 11.9. The average Bonchev–Trinajstić information content (AvgIpc) is 2.54. The molecule has 110 valence electrons. The second kappa shape index (κ2) is 8.19. The summed E-state index contributed by atoms with van der Waals surface area (Å²) in [5, 5.41) is 12.5. The van der Waals surface area contributed by atoms with E-state index in [1.165, 1.54) is 0 Å². The van der Waals surface area contributed by atoms with E-state index >= 15 is 0 Å². The summed E-state index contributed by atoms with van der Waals surface area (Å²) < 4.78 is 5.42. The van der Waals surface area contributed by atoms with Gasteiger partial charge in [-0.3, -0.25) is 4.79 Å². The lowest BCUT2D eigenvalue weighted by molar-refractivity contribution is 0.0285. The quantitative estimate of drug-likeness (QED) is 0.818. The Labute approximate surface area is 124 Å². The monoisotopic (exact) mass is 285 g/mol. The minimum absolute atomic E-state index is 0.169. The van der Waals surface area contributed by atoms with Gasteiger partial charge < -0.3 is 15.2 Å². The fraction of sp³-hybridized carbons (Fsp3) is 0.235. The van der Waals surface area contributed by atoms with Gasteiger partial charge in [0, 0.05) is 12.1 Å². The SMILES string of the molecule is O=C(NCC(O)COCc1ccccc1)c1ccccc1. The molecule has 2 aromatic carbocycles. The summed E-state index contributed by atoms with van der Waals surface area (Å²) in [4.78, 5) is 11.8. The molecule has 0 aliphatic heterocycles. The van der Waals surface area contributed by atoms with Gasteiger partial charge in [-0.25, -0.2) is 0 Å². The van der Waals surface area contributed by atoms with Gasteiger partial charge in [-0.1, -0.05) is 48.5 Å². The second-order valence-corrected chi connectivity index (χ2v) is 4.73. The first-order valence-electron chi connectivity index (χ1n) is 6.88. The van der Waals surface area contributed by atoms with Crippen LogP contribution in [0.4, 0.5) is 0 Å². The number of nitrogens with one attached hydrogen (secondary N) is 1. The molecule has 1 amide bonds. The molecule has 4 nitrogen and oxygen atoms in total. The Hall–Kier alpha value is -2.17. The van der Waals surface area contributed by atoms with Gasteiger partial charge in [0.2, 0.25) is 0 Å². The van der Waals surface area contributed by atoms with E-state index in [0.29, 0.717) is 12.2 Å². The van der Waals surface area contributed by atoms with Gasteiger partial charge in [0.05, 0.1) is 19.3 Å². The van der Waals surface area contributed by atoms with E-state index in [1.54, 1.807) is 24.3 Å². The van der Waals surface area contributed by atoms with Crippen molar-refractivity contribution in [2.45, 2.75) is 12.7 Å². The Morgan fingerprint density at radius 3 is 2.33 bits per heavy atom. The van der Waals surface area contributed by atoms with Crippen LogP contribution < -0.4 is 5.32 Å². The average molecular weight is 285 g/mol. The Balaban J connectivity index is 1.66. The van der Waals surface area contributed by atoms with Gasteiger partial charge in [-0.15, -0.1) is 0 Å². The van der Waals surface area contributed by atoms with Crippen LogP contribution in [0.1, 0.15) is 15.9 Å². The lowest BCUT2D eigenvalue weighted by Gasteiger charge is -2.12. The van der Waals surface area contributed by atoms with Crippen molar-refractivity contribution < 1.29 is 14.6 Å². The number of rotatable bonds is 7. The second-order valence-electron chi connectivity index (χ2n) is 4.73. The van der Waals surface area contributed by atoms with Crippen LogP contribution in [0.25, 0.3) is 0 Å². The van der Waals surface area contributed by atoms with Crippen molar-refractivity contribution in [3.05, 3.63) is 71.8 Å². The summed E-state index contributed by atoms with van der Waals surface area (Å²) in [6.07, 6.45) is -0.721. The van der Waals surface area contributed by atoms with E-state index in [2.05, 4.69) is 5.32 Å². The molecular formula is C17H19NO3. The molecule has 0 spiro atoms. The molecule has 2 rings (SSSR count). The summed E-state index contributed by atoms with van der Waals surface area (Å²) in [6, 6.07) is 18.7. The van der Waals surface area contributed by atoms with Gasteiger partial charge in [-0.2, -0.15) is 0 Å². The molecular weight excluding hydrogens is 266 g/mol. The Morgan fingerprint density at radius 1 is 1.05 bits per heavy atom. The number of aliphatic hydroxyl groups excluding tert-OH is 1. The van der Waals surface area contributed by atoms with Crippen molar-refractivity contribution >= 4 is 5.91 Å². The number of aliphatic hydroxyl groups is 1. The van der Waals surface area contributed by atoms with Crippen LogP contribution in [0.15, 0.2) is 60.7 Å². The topological polar surface area (TPSA) is 58.6 Å². The number of hydrogen-bond donors (Lipinski definition) is 2. The van der Waals surface area contributed by atoms with Gasteiger partial charge in [0.25, 0.3) is 5.91 Å². The maximum Gasteiger partial charge on any atom is 0.251 e. The first kappa shape index (κ1) is 15.2. The number of ether oxygens (including phenoxy) is 1. The molecule has 4 heteroatoms. The molecule has 0 aliphatic rings. The molecule has 0 fully saturated rings. The first-order chi connectivity index (χ1) is 10.3. The zero-order valence-electron chi connectivity index (χ0n) is 11.7. The summed E-state index contributed by atoms with van der Waals surface area (Å²) in [5.41, 5.74) is 1.63. The van der Waals surface area contributed by atoms with Gasteiger partial charge in [-0.05, 0) is 17.7 Å². The van der Waals surface area contributed by atoms with Crippen molar-refractivity contribution in [2.75, 3.05) is 13.2 Å². The molecule has 0 radical (unpaired) electrons. The molecule has 0 bridgehead atoms. The molecule has 0 saturated heterocycles. The number of hydrogen-bond acceptors (Lipinski definition) is 3. The van der Waals surface area contributed by atoms with E-state index < -0.39 is 6.10 Å². The third-order valence-electron chi connectivity index (χ3n) is 2.96. The summed E-state index contributed by atoms with van der Waals surface area (Å²) in [5.74, 6) is -0.197. The standard InChI is InChI=1S/C17H19NO3/c19-16(13-21-12-14-7-3-1-4-8-14)11-18-17(20)15-9-5-2-6-10-15/h1-10,16,19H,11-13H2,(H,18,20). The van der Waals surface area contributed by atoms with Crippen LogP contribution in [0.2, 0.25) is 0 Å². The molecule has 2 N–H and O–H groups in total. The minimum Gasteiger partial charge on any atom is -0.389 e. The molecule has 0 saturated carbocycles. The zero-order chi connectivity index (χ0) is 14.9. The summed E-state index contributed by atoms with van der Waals surface area (Å²) in [6.45, 7) is 0.803. The predicted molar refractivity (Wildman–Crippen MR) is 80.9 cm³/mol. The fourth-order valence-corrected chi connectivity index (χ4v) is 1.85. The number of carbonyl (C=O) groups is 1. The van der Waals surface area contributed by atoms with Gasteiger partial charge >= 0.3 is 0 Å². The number of amides is 1. The Kier molecular flexibility index (Phi) is 5.94. The highest BCUT2D eigenvalue weighted by atomic mass is 16.5. The molecule has 0 aliphatic carbocycles. The molecule has 0 aromatic heterocycles. The van der Waals surface area contributed by atoms with Crippen LogP contribution >= 0.6 is 0 Å². The smallest absolute Gasteiger partial charge is 0.251 e. The third-order valence-corrected chi connectivity index (χ3v) is 2.96. The number of benzene rings is 2. The predicted octanol–water partition coefficient (Wildman–Crippen LogP) is 1.99. The highest BCUT2D eigenvalue weighted by Crippen LogP contribution is 2.01. The maximum absolute atomic E-state index is 11.8. The van der Waals surface area contributed by atoms with E-state index in [-0.39, 0.29) is 19.1 Å². The largest absolute Gasteiger partial charge is 0.389 e. The highest BCUT2D eigenvalue weighted by Gasteiger charge is 2.08. The van der Waals surface area contributed by atoms with Crippen molar-refractivity contribution in [3.63, 3.8) is 0 Å². The highest BCUT2D eigenvalue weighted by molar-refractivity contribution is 5.94. The van der Waals surface area contributed by atoms with Crippen molar-refractivity contribution in [1.29, 1.82) is 0 Å². The van der Waals surface area contributed by atoms with Crippen molar-refractivity contribution in [1.82, 2.24) is 5.32 Å². The molecule has 1 unspecified atom stereocenters. The van der Waals surface area contributed by atoms with E-state index in [4.69, 9.17) is 4.74 Å². The number of carbonyl (C=O) groups excluding carboxylic acids is 1. The fourth-order valence-electron chi connectivity index (χ4n) is 1.85. The van der Waals surface area contributed by atoms with E-state index in [0.717, 1.165) is 5.56 Å². The van der Waals surface area contributed by atoms with Gasteiger partial charge in [0.15, 0.2) is 0 Å². The summed E-state index contributed by atoms with van der Waals surface area (Å²) in [7, 11) is 0. The zero-order valence-corrected chi connectivity index (χ0v) is 11.7. The maximum atomic E-state index is 11.8. The van der Waals surface area contributed by atoms with Crippen LogP contribution in [0.3, 0.4) is 0 Å². The molecule has 2 aromatic rings. The van der Waals surface area contributed by atoms with Crippen molar-refractivity contribution in [3.8, 4) is 0 Å². The van der Waals surface area contributed by atoms with E-state index in [9.17, 15) is 9.90 Å². The Morgan fingerprint density at radius 2 is 1.67 bits per heavy atom. The van der Waals surface area contributed by atoms with Crippen LogP contribution in [0, 0.1) is 0 Å². The Bertz CT molecular complexity index is 542. The van der Waals surface area contributed by atoms with Gasteiger partial charge in [0.1, 0.15) is 0 Å². The lowest BCUT2D eigenvalue weighted by Crippen LogP contribution is -2.34. The van der Waals surface area contributed by atoms with Crippen LogP contribution in [-0.4, -0.2) is 30.3 Å².